The fourth-order valence-electron chi connectivity index (χ4n) is 7.12. The first-order valence-corrected chi connectivity index (χ1v) is 17.4. The van der Waals surface area contributed by atoms with E-state index < -0.39 is 104 Å². The van der Waals surface area contributed by atoms with Gasteiger partial charge in [0.25, 0.3) is 5.91 Å². The highest BCUT2D eigenvalue weighted by Gasteiger charge is 2.51. The number of aliphatic carboxylic acids is 1. The van der Waals surface area contributed by atoms with Crippen molar-refractivity contribution in [3.05, 3.63) is 35.9 Å². The van der Waals surface area contributed by atoms with Crippen molar-refractivity contribution in [2.75, 3.05) is 19.8 Å². The van der Waals surface area contributed by atoms with Gasteiger partial charge in [0.15, 0.2) is 18.7 Å². The maximum atomic E-state index is 12.9. The zero-order valence-corrected chi connectivity index (χ0v) is 28.0. The molecular weight excluding hydrogens is 662 g/mol. The molecule has 14 atom stereocenters. The number of ether oxygens (including phenoxy) is 6. The number of hydrogen-bond donors (Lipinski definition) is 8. The molecule has 1 aromatic rings. The van der Waals surface area contributed by atoms with E-state index in [1.807, 2.05) is 0 Å². The molecule has 282 valence electrons. The molecule has 5 rings (SSSR count). The van der Waals surface area contributed by atoms with Crippen molar-refractivity contribution in [1.82, 2.24) is 5.32 Å². The highest BCUT2D eigenvalue weighted by atomic mass is 16.7. The van der Waals surface area contributed by atoms with Crippen LogP contribution in [0.5, 0.6) is 0 Å². The van der Waals surface area contributed by atoms with Crippen molar-refractivity contribution in [2.24, 2.45) is 5.92 Å². The summed E-state index contributed by atoms with van der Waals surface area (Å²) in [4.78, 5) is 25.1. The minimum absolute atomic E-state index is 0.0962. The van der Waals surface area contributed by atoms with Gasteiger partial charge in [-0.3, -0.25) is 4.79 Å². The van der Waals surface area contributed by atoms with E-state index in [0.29, 0.717) is 5.56 Å². The van der Waals surface area contributed by atoms with E-state index in [0.717, 1.165) is 32.1 Å². The van der Waals surface area contributed by atoms with Crippen molar-refractivity contribution >= 4 is 11.9 Å². The Labute approximate surface area is 290 Å². The summed E-state index contributed by atoms with van der Waals surface area (Å²) in [7, 11) is 0. The Morgan fingerprint density at radius 1 is 0.840 bits per heavy atom. The van der Waals surface area contributed by atoms with Crippen molar-refractivity contribution < 1.29 is 73.8 Å². The Morgan fingerprint density at radius 2 is 1.54 bits per heavy atom. The molecular formula is C34H51NO15. The number of hydrogen-bond acceptors (Lipinski definition) is 14. The predicted octanol–water partition coefficient (Wildman–Crippen LogP) is -0.949. The van der Waals surface area contributed by atoms with Crippen LogP contribution < -0.4 is 5.32 Å². The Kier molecular flexibility index (Phi) is 14.0. The summed E-state index contributed by atoms with van der Waals surface area (Å²) in [6.45, 7) is 0.793. The molecule has 0 aromatic heterocycles. The molecule has 1 aromatic carbocycles. The largest absolute Gasteiger partial charge is 0.479 e. The van der Waals surface area contributed by atoms with E-state index >= 15 is 0 Å². The summed E-state index contributed by atoms with van der Waals surface area (Å²) in [5.74, 6) is -1.53. The van der Waals surface area contributed by atoms with Crippen LogP contribution in [0.1, 0.15) is 62.2 Å². The monoisotopic (exact) mass is 713 g/mol. The first kappa shape index (κ1) is 38.9. The summed E-state index contributed by atoms with van der Waals surface area (Å²) < 4.78 is 35.7. The third-order valence-corrected chi connectivity index (χ3v) is 10.1. The van der Waals surface area contributed by atoms with E-state index in [1.165, 1.54) is 6.92 Å². The second-order valence-corrected chi connectivity index (χ2v) is 13.6. The fourth-order valence-corrected chi connectivity index (χ4v) is 7.12. The number of benzene rings is 1. The van der Waals surface area contributed by atoms with Gasteiger partial charge in [0, 0.05) is 18.7 Å². The maximum absolute atomic E-state index is 12.9. The molecule has 4 fully saturated rings. The van der Waals surface area contributed by atoms with Crippen LogP contribution in [0.2, 0.25) is 0 Å². The van der Waals surface area contributed by atoms with E-state index in [9.17, 15) is 45.3 Å². The van der Waals surface area contributed by atoms with Gasteiger partial charge in [-0.05, 0) is 37.8 Å². The fraction of sp³-hybridized carbons (Fsp3) is 0.765. The molecule has 0 spiro atoms. The smallest absolute Gasteiger partial charge is 0.332 e. The highest BCUT2D eigenvalue weighted by Crippen LogP contribution is 2.34. The van der Waals surface area contributed by atoms with Gasteiger partial charge in [-0.1, -0.05) is 50.3 Å². The zero-order valence-electron chi connectivity index (χ0n) is 28.0. The number of amides is 1. The van der Waals surface area contributed by atoms with E-state index in [2.05, 4.69) is 5.32 Å². The Morgan fingerprint density at radius 3 is 2.22 bits per heavy atom. The van der Waals surface area contributed by atoms with Crippen LogP contribution in [0.25, 0.3) is 0 Å². The first-order valence-electron chi connectivity index (χ1n) is 17.4. The number of carbonyl (C=O) groups excluding carboxylic acids is 1. The van der Waals surface area contributed by atoms with Gasteiger partial charge in [-0.25, -0.2) is 4.79 Å². The first-order chi connectivity index (χ1) is 24.0. The molecule has 8 N–H and O–H groups in total. The van der Waals surface area contributed by atoms with Crippen LogP contribution in [0.15, 0.2) is 30.3 Å². The predicted molar refractivity (Wildman–Crippen MR) is 170 cm³/mol. The normalized spacial score (nSPS) is 39.1. The third-order valence-electron chi connectivity index (χ3n) is 10.1. The van der Waals surface area contributed by atoms with Gasteiger partial charge in [-0.2, -0.15) is 0 Å². The van der Waals surface area contributed by atoms with Crippen LogP contribution in [0.3, 0.4) is 0 Å². The number of aliphatic hydroxyl groups excluding tert-OH is 6. The molecule has 1 saturated carbocycles. The Hall–Kier alpha value is -2.32. The second-order valence-electron chi connectivity index (χ2n) is 13.6. The van der Waals surface area contributed by atoms with Crippen LogP contribution in [0.4, 0.5) is 0 Å². The van der Waals surface area contributed by atoms with Gasteiger partial charge < -0.3 is 69.5 Å². The van der Waals surface area contributed by atoms with Gasteiger partial charge >= 0.3 is 5.97 Å². The van der Waals surface area contributed by atoms with E-state index in [1.54, 1.807) is 30.3 Å². The van der Waals surface area contributed by atoms with Crippen LogP contribution in [-0.2, 0) is 33.2 Å². The van der Waals surface area contributed by atoms with Crippen molar-refractivity contribution in [3.8, 4) is 0 Å². The van der Waals surface area contributed by atoms with Crippen LogP contribution in [0, 0.1) is 5.92 Å². The number of carboxylic acid groups (broad SMARTS) is 1. The number of aliphatic hydroxyl groups is 6. The molecule has 4 aliphatic rings. The summed E-state index contributed by atoms with van der Waals surface area (Å²) in [6.07, 6.45) is -14.1. The number of carbonyl (C=O) groups is 2. The van der Waals surface area contributed by atoms with Crippen molar-refractivity contribution in [3.63, 3.8) is 0 Å². The SMILES string of the molecule is C[C@H]1O[C@H](O[C@H]2C(CNC(=O)c3ccccc3)OCC[C@@H]2O[C@H]2O[C@@H](CO)[C@@H](O)[C@H](O[C@@H](CC3CCCCC3)C(=O)O)[C@H]2O)[C@@H](O)[C@H](O)[C@H]1O. The average Bonchev–Trinajstić information content (AvgIpc) is 3.12. The molecule has 0 radical (unpaired) electrons. The summed E-state index contributed by atoms with van der Waals surface area (Å²) in [5, 5.41) is 76.6. The van der Waals surface area contributed by atoms with Crippen molar-refractivity contribution in [2.45, 2.75) is 138 Å². The van der Waals surface area contributed by atoms with Crippen molar-refractivity contribution in [1.29, 1.82) is 0 Å². The molecule has 1 amide bonds. The molecule has 1 aliphatic carbocycles. The number of rotatable bonds is 13. The number of carboxylic acids is 1. The molecule has 3 aliphatic heterocycles. The van der Waals surface area contributed by atoms with Crippen LogP contribution >= 0.6 is 0 Å². The standard InChI is InChI=1S/C34H51NO15/c1-17-24(37)26(39)27(40)33(46-17)50-29-20(12-13-45-22(29)15-35-31(42)19-10-6-3-7-11-19)48-34-28(41)30(25(38)23(16-36)49-34)47-21(32(43)44)14-18-8-4-2-5-9-18/h3,6-7,10-11,17-18,20-30,33-34,36-41H,2,4-5,8-9,12-16H2,1H3,(H,35,42)(H,43,44)/t17-,20+,21+,22?,23+,24+,25-,26-,27+,28-,29-,30+,33-,34+/m1/s1. The highest BCUT2D eigenvalue weighted by molar-refractivity contribution is 5.94. The lowest BCUT2D eigenvalue weighted by Crippen LogP contribution is -2.64. The van der Waals surface area contributed by atoms with Gasteiger partial charge in [0.05, 0.1) is 18.8 Å². The third kappa shape index (κ3) is 9.36. The molecule has 16 heteroatoms. The lowest BCUT2D eigenvalue weighted by atomic mass is 9.85. The molecule has 50 heavy (non-hydrogen) atoms. The maximum Gasteiger partial charge on any atom is 0.332 e. The Balaban J connectivity index is 1.34. The topological polar surface area (TPSA) is 243 Å². The van der Waals surface area contributed by atoms with Gasteiger partial charge in [0.2, 0.25) is 0 Å². The molecule has 0 bridgehead atoms. The minimum Gasteiger partial charge on any atom is -0.479 e. The average molecular weight is 714 g/mol. The van der Waals surface area contributed by atoms with E-state index in [4.69, 9.17) is 28.4 Å². The van der Waals surface area contributed by atoms with Crippen LogP contribution in [-0.4, -0.2) is 153 Å². The summed E-state index contributed by atoms with van der Waals surface area (Å²) in [6, 6.07) is 8.46. The molecule has 3 heterocycles. The second kappa shape index (κ2) is 17.9. The molecule has 1 unspecified atom stereocenters. The minimum atomic E-state index is -1.71. The summed E-state index contributed by atoms with van der Waals surface area (Å²) >= 11 is 0. The quantitative estimate of drug-likeness (QED) is 0.123. The van der Waals surface area contributed by atoms with Gasteiger partial charge in [-0.15, -0.1) is 0 Å². The number of nitrogens with one attached hydrogen (secondary N) is 1. The molecule has 16 nitrogen and oxygen atoms in total. The molecule has 3 saturated heterocycles. The zero-order chi connectivity index (χ0) is 35.9. The lowest BCUT2D eigenvalue weighted by molar-refractivity contribution is -0.355. The van der Waals surface area contributed by atoms with Gasteiger partial charge in [0.1, 0.15) is 54.9 Å². The lowest BCUT2D eigenvalue weighted by Gasteiger charge is -2.47. The Bertz CT molecular complexity index is 1220. The van der Waals surface area contributed by atoms with E-state index in [-0.39, 0.29) is 31.9 Å². The summed E-state index contributed by atoms with van der Waals surface area (Å²) in [5.41, 5.74) is 0.395.